The lowest BCUT2D eigenvalue weighted by Gasteiger charge is -2.28. The van der Waals surface area contributed by atoms with E-state index in [1.165, 1.54) is 10.5 Å². The van der Waals surface area contributed by atoms with Crippen LogP contribution in [0.5, 0.6) is 0 Å². The Morgan fingerprint density at radius 1 is 0.889 bits per heavy atom. The molecule has 0 aliphatic carbocycles. The van der Waals surface area contributed by atoms with Crippen molar-refractivity contribution in [2.45, 2.75) is 53.0 Å². The third-order valence-corrected chi connectivity index (χ3v) is 6.64. The van der Waals surface area contributed by atoms with Crippen LogP contribution in [-0.2, 0) is 16.0 Å². The van der Waals surface area contributed by atoms with Gasteiger partial charge in [-0.1, -0.05) is 120 Å². The SMILES string of the molecule is C=C/C=C\C.C=CC=C.CC.CC(C)c1ccc(NC(=O)C(c2ccc(N)cc2)N(C)C(=O)Cc2c[nH]c3ccccc23)cc1. The van der Waals surface area contributed by atoms with Crippen molar-refractivity contribution in [3.63, 3.8) is 0 Å². The first-order chi connectivity index (χ1) is 21.7. The van der Waals surface area contributed by atoms with Crippen molar-refractivity contribution in [2.24, 2.45) is 0 Å². The Morgan fingerprint density at radius 2 is 1.47 bits per heavy atom. The molecule has 45 heavy (non-hydrogen) atoms. The van der Waals surface area contributed by atoms with Gasteiger partial charge in [0.05, 0.1) is 6.42 Å². The van der Waals surface area contributed by atoms with Gasteiger partial charge in [-0.2, -0.15) is 0 Å². The van der Waals surface area contributed by atoms with Crippen LogP contribution in [-0.4, -0.2) is 28.7 Å². The number of anilines is 2. The summed E-state index contributed by atoms with van der Waals surface area (Å²) < 4.78 is 0. The van der Waals surface area contributed by atoms with Gasteiger partial charge < -0.3 is 20.9 Å². The zero-order valence-electron chi connectivity index (χ0n) is 27.7. The fraction of sp³-hybridized carbons (Fsp3) is 0.231. The minimum atomic E-state index is -0.803. The van der Waals surface area contributed by atoms with Crippen molar-refractivity contribution in [1.82, 2.24) is 9.88 Å². The number of allylic oxidation sites excluding steroid dienone is 5. The van der Waals surface area contributed by atoms with Crippen LogP contribution in [0, 0.1) is 0 Å². The fourth-order valence-corrected chi connectivity index (χ4v) is 4.24. The predicted octanol–water partition coefficient (Wildman–Crippen LogP) is 9.39. The largest absolute Gasteiger partial charge is 0.399 e. The second-order valence-corrected chi connectivity index (χ2v) is 10.1. The summed E-state index contributed by atoms with van der Waals surface area (Å²) in [5.41, 5.74) is 10.9. The van der Waals surface area contributed by atoms with E-state index in [1.54, 1.807) is 49.5 Å². The number of amides is 2. The number of nitrogens with one attached hydrogen (secondary N) is 2. The van der Waals surface area contributed by atoms with Gasteiger partial charge in [0, 0.05) is 35.5 Å². The molecule has 0 saturated carbocycles. The van der Waals surface area contributed by atoms with Gasteiger partial charge in [-0.25, -0.2) is 0 Å². The topological polar surface area (TPSA) is 91.2 Å². The molecule has 2 amide bonds. The lowest BCUT2D eigenvalue weighted by atomic mass is 10.0. The molecule has 1 heterocycles. The highest BCUT2D eigenvalue weighted by molar-refractivity contribution is 5.98. The fourth-order valence-electron chi connectivity index (χ4n) is 4.24. The molecular weight excluding hydrogens is 556 g/mol. The summed E-state index contributed by atoms with van der Waals surface area (Å²) in [6, 6.07) is 21.9. The molecule has 1 aromatic heterocycles. The maximum atomic E-state index is 13.4. The Kier molecular flexibility index (Phi) is 17.5. The van der Waals surface area contributed by atoms with Crippen molar-refractivity contribution >= 4 is 34.1 Å². The third-order valence-electron chi connectivity index (χ3n) is 6.64. The number of nitrogens with two attached hydrogens (primary N) is 1. The summed E-state index contributed by atoms with van der Waals surface area (Å²) >= 11 is 0. The van der Waals surface area contributed by atoms with Crippen LogP contribution in [0.15, 0.2) is 129 Å². The zero-order chi connectivity index (χ0) is 33.8. The van der Waals surface area contributed by atoms with E-state index >= 15 is 0 Å². The van der Waals surface area contributed by atoms with Gasteiger partial charge in [0.25, 0.3) is 5.91 Å². The average Bonchev–Trinajstić information content (AvgIpc) is 3.46. The molecule has 0 aliphatic heterocycles. The van der Waals surface area contributed by atoms with Crippen LogP contribution in [0.25, 0.3) is 10.9 Å². The molecule has 6 nitrogen and oxygen atoms in total. The van der Waals surface area contributed by atoms with E-state index in [2.05, 4.69) is 43.9 Å². The second-order valence-electron chi connectivity index (χ2n) is 10.1. The average molecular weight is 607 g/mol. The van der Waals surface area contributed by atoms with Crippen molar-refractivity contribution in [3.8, 4) is 0 Å². The molecule has 0 saturated heterocycles. The molecule has 4 aromatic rings. The summed E-state index contributed by atoms with van der Waals surface area (Å²) in [6.45, 7) is 20.4. The van der Waals surface area contributed by atoms with Gasteiger partial charge in [-0.3, -0.25) is 9.59 Å². The number of H-pyrrole nitrogens is 1. The van der Waals surface area contributed by atoms with Crippen LogP contribution >= 0.6 is 0 Å². The molecule has 4 rings (SSSR count). The number of rotatable bonds is 9. The maximum absolute atomic E-state index is 13.4. The first-order valence-corrected chi connectivity index (χ1v) is 15.2. The Hall–Kier alpha value is -5.10. The van der Waals surface area contributed by atoms with E-state index in [4.69, 9.17) is 5.73 Å². The van der Waals surface area contributed by atoms with E-state index in [9.17, 15) is 9.59 Å². The maximum Gasteiger partial charge on any atom is 0.251 e. The molecule has 1 unspecified atom stereocenters. The summed E-state index contributed by atoms with van der Waals surface area (Å²) in [6.07, 6.45) is 10.9. The second kappa shape index (κ2) is 20.7. The summed E-state index contributed by atoms with van der Waals surface area (Å²) in [5, 5.41) is 3.98. The van der Waals surface area contributed by atoms with Crippen LogP contribution in [0.2, 0.25) is 0 Å². The molecule has 0 aliphatic rings. The van der Waals surface area contributed by atoms with Crippen molar-refractivity contribution in [2.75, 3.05) is 18.1 Å². The highest BCUT2D eigenvalue weighted by Crippen LogP contribution is 2.26. The number of nitrogens with zero attached hydrogens (tertiary/aromatic N) is 1. The molecule has 4 N–H and O–H groups in total. The lowest BCUT2D eigenvalue weighted by molar-refractivity contribution is -0.136. The lowest BCUT2D eigenvalue weighted by Crippen LogP contribution is -2.39. The highest BCUT2D eigenvalue weighted by atomic mass is 16.2. The summed E-state index contributed by atoms with van der Waals surface area (Å²) in [4.78, 5) is 31.5. The molecule has 238 valence electrons. The molecule has 0 spiro atoms. The van der Waals surface area contributed by atoms with E-state index in [0.29, 0.717) is 22.9 Å². The monoisotopic (exact) mass is 606 g/mol. The third kappa shape index (κ3) is 12.2. The molecule has 0 radical (unpaired) electrons. The number of fused-ring (bicyclic) bond motifs is 1. The van der Waals surface area contributed by atoms with Gasteiger partial charge in [-0.15, -0.1) is 0 Å². The number of benzene rings is 3. The Bertz CT molecular complexity index is 1510. The summed E-state index contributed by atoms with van der Waals surface area (Å²) in [7, 11) is 1.67. The highest BCUT2D eigenvalue weighted by Gasteiger charge is 2.29. The van der Waals surface area contributed by atoms with E-state index < -0.39 is 6.04 Å². The standard InChI is InChI=1S/C28H30N4O2.C5H8.C4H6.C2H6/c1-18(2)19-10-14-23(15-11-19)31-28(34)27(20-8-12-22(29)13-9-20)32(3)26(33)16-21-17-30-25-7-5-4-6-24(21)25;1-3-5-4-2;1-3-4-2;1-2/h4-15,17-18,27,30H,16,29H2,1-3H3,(H,31,34);3-5H,1H2,2H3;3-4H,1-2H2;1-2H3/b;5-4-;;. The van der Waals surface area contributed by atoms with E-state index in [1.807, 2.05) is 87.7 Å². The Balaban J connectivity index is 0.000000801. The number of hydrogen-bond donors (Lipinski definition) is 3. The van der Waals surface area contributed by atoms with Crippen LogP contribution in [0.4, 0.5) is 11.4 Å². The minimum absolute atomic E-state index is 0.156. The van der Waals surface area contributed by atoms with Crippen LogP contribution in [0.3, 0.4) is 0 Å². The first-order valence-electron chi connectivity index (χ1n) is 15.2. The number of nitrogen functional groups attached to an aromatic ring is 1. The van der Waals surface area contributed by atoms with Gasteiger partial charge >= 0.3 is 0 Å². The normalized spacial score (nSPS) is 10.6. The molecule has 6 heteroatoms. The Labute approximate surface area is 270 Å². The molecule has 3 aromatic carbocycles. The minimum Gasteiger partial charge on any atom is -0.399 e. The molecular formula is C39H50N4O2. The van der Waals surface area contributed by atoms with Crippen molar-refractivity contribution in [3.05, 3.63) is 146 Å². The predicted molar refractivity (Wildman–Crippen MR) is 194 cm³/mol. The summed E-state index contributed by atoms with van der Waals surface area (Å²) in [5.74, 6) is -0.0331. The van der Waals surface area contributed by atoms with Crippen LogP contribution in [0.1, 0.15) is 63.3 Å². The van der Waals surface area contributed by atoms with Gasteiger partial charge in [0.2, 0.25) is 5.91 Å². The van der Waals surface area contributed by atoms with Gasteiger partial charge in [0.15, 0.2) is 0 Å². The van der Waals surface area contributed by atoms with Gasteiger partial charge in [0.1, 0.15) is 6.04 Å². The molecule has 1 atom stereocenters. The molecule has 0 bridgehead atoms. The van der Waals surface area contributed by atoms with E-state index in [-0.39, 0.29) is 18.2 Å². The van der Waals surface area contributed by atoms with Gasteiger partial charge in [-0.05, 0) is 59.9 Å². The number of likely N-dealkylation sites (N-methyl/N-ethyl adjacent to an activating group) is 1. The number of hydrogen-bond acceptors (Lipinski definition) is 3. The first kappa shape index (κ1) is 37.9. The quantitative estimate of drug-likeness (QED) is 0.131. The number of carbonyl (C=O) groups is 2. The number of carbonyl (C=O) groups excluding carboxylic acids is 2. The number of para-hydroxylation sites is 1. The van der Waals surface area contributed by atoms with Crippen molar-refractivity contribution in [1.29, 1.82) is 0 Å². The van der Waals surface area contributed by atoms with Crippen molar-refractivity contribution < 1.29 is 9.59 Å². The smallest absolute Gasteiger partial charge is 0.251 e. The number of aromatic nitrogens is 1. The van der Waals surface area contributed by atoms with Crippen LogP contribution < -0.4 is 11.1 Å². The zero-order valence-corrected chi connectivity index (χ0v) is 27.7. The molecule has 0 fully saturated rings. The number of aromatic amines is 1. The van der Waals surface area contributed by atoms with E-state index in [0.717, 1.165) is 16.5 Å². The Morgan fingerprint density at radius 3 is 1.98 bits per heavy atom.